The number of carbonyl (C=O) groups excluding carboxylic acids is 1. The summed E-state index contributed by atoms with van der Waals surface area (Å²) in [5.74, 6) is 1.95. The van der Waals surface area contributed by atoms with Crippen LogP contribution >= 0.6 is 11.6 Å². The second-order valence-electron chi connectivity index (χ2n) is 6.11. The summed E-state index contributed by atoms with van der Waals surface area (Å²) in [7, 11) is 0. The van der Waals surface area contributed by atoms with Crippen LogP contribution in [0.2, 0.25) is 5.02 Å². The monoisotopic (exact) mass is 363 g/mol. The minimum Gasteiger partial charge on any atom is -0.454 e. The normalized spacial score (nSPS) is 16.9. The van der Waals surface area contributed by atoms with Gasteiger partial charge in [0.25, 0.3) is 5.91 Å². The number of benzene rings is 1. The van der Waals surface area contributed by atoms with Crippen LogP contribution in [0.4, 0.5) is 5.95 Å². The van der Waals surface area contributed by atoms with Crippen LogP contribution in [0, 0.1) is 5.92 Å². The molecule has 1 aromatic heterocycles. The Morgan fingerprint density at radius 2 is 2.20 bits per heavy atom. The topological polar surface area (TPSA) is 92.4 Å². The minimum absolute atomic E-state index is 0.107. The molecule has 1 amide bonds. The van der Waals surface area contributed by atoms with Crippen molar-refractivity contribution in [1.29, 1.82) is 0 Å². The van der Waals surface area contributed by atoms with Gasteiger partial charge in [0, 0.05) is 19.6 Å². The van der Waals surface area contributed by atoms with Crippen molar-refractivity contribution < 1.29 is 14.3 Å². The number of hydrogen-bond acceptors (Lipinski definition) is 6. The smallest absolute Gasteiger partial charge is 0.256 e. The van der Waals surface area contributed by atoms with Gasteiger partial charge >= 0.3 is 0 Å². The summed E-state index contributed by atoms with van der Waals surface area (Å²) in [5.41, 5.74) is 0.343. The number of nitrogens with zero attached hydrogens (tertiary/aromatic N) is 3. The highest BCUT2D eigenvalue weighted by molar-refractivity contribution is 6.34. The van der Waals surface area contributed by atoms with E-state index in [-0.39, 0.29) is 12.7 Å². The number of hydrogen-bond donors (Lipinski definition) is 2. The van der Waals surface area contributed by atoms with Gasteiger partial charge in [0.15, 0.2) is 11.5 Å². The number of rotatable bonds is 4. The molecule has 0 saturated carbocycles. The van der Waals surface area contributed by atoms with E-state index in [0.29, 0.717) is 34.5 Å². The number of halogens is 1. The fraction of sp³-hybridized carbons (Fsp3) is 0.438. The number of amides is 1. The van der Waals surface area contributed by atoms with E-state index >= 15 is 0 Å². The SMILES string of the molecule is O=C(NCC1CCN(c2ncn[nH]2)CC1)c1c(Cl)ccc2c1OCO2. The first kappa shape index (κ1) is 16.0. The predicted octanol–water partition coefficient (Wildman–Crippen LogP) is 1.83. The fourth-order valence-electron chi connectivity index (χ4n) is 3.19. The van der Waals surface area contributed by atoms with Crippen molar-refractivity contribution >= 4 is 23.5 Å². The highest BCUT2D eigenvalue weighted by Crippen LogP contribution is 2.39. The number of carbonyl (C=O) groups is 1. The maximum Gasteiger partial charge on any atom is 0.256 e. The Hall–Kier alpha value is -2.48. The third kappa shape index (κ3) is 3.21. The van der Waals surface area contributed by atoms with E-state index in [9.17, 15) is 4.79 Å². The summed E-state index contributed by atoms with van der Waals surface area (Å²) in [6.45, 7) is 2.47. The maximum absolute atomic E-state index is 12.6. The number of ether oxygens (including phenoxy) is 2. The Labute approximate surface area is 149 Å². The third-order valence-electron chi connectivity index (χ3n) is 4.58. The third-order valence-corrected chi connectivity index (χ3v) is 4.90. The summed E-state index contributed by atoms with van der Waals surface area (Å²) in [6, 6.07) is 3.36. The van der Waals surface area contributed by atoms with E-state index in [1.807, 2.05) is 0 Å². The van der Waals surface area contributed by atoms with Gasteiger partial charge in [-0.25, -0.2) is 5.10 Å². The van der Waals surface area contributed by atoms with Crippen LogP contribution in [0.1, 0.15) is 23.2 Å². The molecule has 0 spiro atoms. The zero-order valence-corrected chi connectivity index (χ0v) is 14.3. The summed E-state index contributed by atoms with van der Waals surface area (Å²) in [5, 5.41) is 10.1. The molecule has 9 heteroatoms. The van der Waals surface area contributed by atoms with E-state index in [4.69, 9.17) is 21.1 Å². The average molecular weight is 364 g/mol. The molecule has 132 valence electrons. The molecule has 0 atom stereocenters. The van der Waals surface area contributed by atoms with Crippen molar-refractivity contribution in [3.05, 3.63) is 29.0 Å². The van der Waals surface area contributed by atoms with E-state index < -0.39 is 0 Å². The van der Waals surface area contributed by atoms with Crippen LogP contribution in [0.3, 0.4) is 0 Å². The number of fused-ring (bicyclic) bond motifs is 1. The maximum atomic E-state index is 12.6. The summed E-state index contributed by atoms with van der Waals surface area (Å²) in [4.78, 5) is 18.9. The molecule has 0 aliphatic carbocycles. The first-order chi connectivity index (χ1) is 12.2. The van der Waals surface area contributed by atoms with Gasteiger partial charge in [0.1, 0.15) is 11.9 Å². The summed E-state index contributed by atoms with van der Waals surface area (Å²) < 4.78 is 10.7. The quantitative estimate of drug-likeness (QED) is 0.861. The van der Waals surface area contributed by atoms with Crippen molar-refractivity contribution in [2.75, 3.05) is 31.3 Å². The molecule has 2 N–H and O–H groups in total. The molecule has 0 bridgehead atoms. The van der Waals surface area contributed by atoms with E-state index in [1.54, 1.807) is 12.1 Å². The Morgan fingerprint density at radius 1 is 1.36 bits per heavy atom. The number of anilines is 1. The van der Waals surface area contributed by atoms with Gasteiger partial charge in [-0.3, -0.25) is 4.79 Å². The van der Waals surface area contributed by atoms with Gasteiger partial charge in [-0.15, -0.1) is 0 Å². The predicted molar refractivity (Wildman–Crippen MR) is 91.2 cm³/mol. The average Bonchev–Trinajstić information content (AvgIpc) is 3.31. The molecular formula is C16H18ClN5O3. The molecular weight excluding hydrogens is 346 g/mol. The van der Waals surface area contributed by atoms with Crippen molar-refractivity contribution in [2.45, 2.75) is 12.8 Å². The number of nitrogens with one attached hydrogen (secondary N) is 2. The van der Waals surface area contributed by atoms with Gasteiger partial charge in [-0.1, -0.05) is 11.6 Å². The van der Waals surface area contributed by atoms with Gasteiger partial charge in [0.05, 0.1) is 5.02 Å². The van der Waals surface area contributed by atoms with Crippen molar-refractivity contribution in [1.82, 2.24) is 20.5 Å². The first-order valence-electron chi connectivity index (χ1n) is 8.19. The molecule has 4 rings (SSSR count). The van der Waals surface area contributed by atoms with Crippen LogP contribution in [-0.2, 0) is 0 Å². The van der Waals surface area contributed by atoms with Crippen molar-refractivity contribution in [3.8, 4) is 11.5 Å². The highest BCUT2D eigenvalue weighted by atomic mass is 35.5. The standard InChI is InChI=1S/C16H18ClN5O3/c17-11-1-2-12-14(25-9-24-12)13(11)15(23)18-7-10-3-5-22(6-4-10)16-19-8-20-21-16/h1-2,8,10H,3-7,9H2,(H,18,23)(H,19,20,21). The number of aromatic nitrogens is 3. The molecule has 2 aliphatic rings. The Morgan fingerprint density at radius 3 is 2.96 bits per heavy atom. The van der Waals surface area contributed by atoms with E-state index in [2.05, 4.69) is 25.4 Å². The van der Waals surface area contributed by atoms with Crippen LogP contribution < -0.4 is 19.7 Å². The molecule has 1 aromatic carbocycles. The molecule has 0 unspecified atom stereocenters. The van der Waals surface area contributed by atoms with Crippen molar-refractivity contribution in [3.63, 3.8) is 0 Å². The zero-order valence-electron chi connectivity index (χ0n) is 13.5. The largest absolute Gasteiger partial charge is 0.454 e. The van der Waals surface area contributed by atoms with Gasteiger partial charge < -0.3 is 19.7 Å². The van der Waals surface area contributed by atoms with Crippen LogP contribution in [0.15, 0.2) is 18.5 Å². The lowest BCUT2D eigenvalue weighted by molar-refractivity contribution is 0.0940. The second-order valence-corrected chi connectivity index (χ2v) is 6.51. The molecule has 3 heterocycles. The molecule has 1 fully saturated rings. The first-order valence-corrected chi connectivity index (χ1v) is 8.57. The number of aromatic amines is 1. The molecule has 25 heavy (non-hydrogen) atoms. The molecule has 0 radical (unpaired) electrons. The second kappa shape index (κ2) is 6.79. The summed E-state index contributed by atoms with van der Waals surface area (Å²) >= 11 is 6.18. The number of piperidine rings is 1. The molecule has 2 aliphatic heterocycles. The lowest BCUT2D eigenvalue weighted by Crippen LogP contribution is -2.39. The van der Waals surface area contributed by atoms with E-state index in [1.165, 1.54) is 6.33 Å². The molecule has 1 saturated heterocycles. The van der Waals surface area contributed by atoms with Crippen molar-refractivity contribution in [2.24, 2.45) is 5.92 Å². The van der Waals surface area contributed by atoms with Gasteiger partial charge in [-0.2, -0.15) is 10.1 Å². The van der Waals surface area contributed by atoms with Crippen LogP contribution in [0.5, 0.6) is 11.5 Å². The summed E-state index contributed by atoms with van der Waals surface area (Å²) in [6.07, 6.45) is 3.46. The fourth-order valence-corrected chi connectivity index (χ4v) is 3.42. The molecule has 8 nitrogen and oxygen atoms in total. The lowest BCUT2D eigenvalue weighted by Gasteiger charge is -2.31. The molecule has 2 aromatic rings. The van der Waals surface area contributed by atoms with Gasteiger partial charge in [-0.05, 0) is 30.9 Å². The Bertz CT molecular complexity index is 759. The van der Waals surface area contributed by atoms with Crippen LogP contribution in [-0.4, -0.2) is 47.5 Å². The number of H-pyrrole nitrogens is 1. The zero-order chi connectivity index (χ0) is 17.2. The lowest BCUT2D eigenvalue weighted by atomic mass is 9.97. The van der Waals surface area contributed by atoms with Crippen LogP contribution in [0.25, 0.3) is 0 Å². The van der Waals surface area contributed by atoms with Gasteiger partial charge in [0.2, 0.25) is 12.7 Å². The van der Waals surface area contributed by atoms with E-state index in [0.717, 1.165) is 31.9 Å². The Kier molecular flexibility index (Phi) is 4.35. The minimum atomic E-state index is -0.231. The highest BCUT2D eigenvalue weighted by Gasteiger charge is 2.26. The Balaban J connectivity index is 1.34.